The molecule has 1 aromatic carbocycles. The topological polar surface area (TPSA) is 90.0 Å². The molecule has 0 atom stereocenters. The summed E-state index contributed by atoms with van der Waals surface area (Å²) in [6.07, 6.45) is 5.46. The first-order chi connectivity index (χ1) is 14.9. The van der Waals surface area contributed by atoms with Gasteiger partial charge in [-0.1, -0.05) is 48.2 Å². The Kier molecular flexibility index (Phi) is 6.23. The summed E-state index contributed by atoms with van der Waals surface area (Å²) >= 11 is 6.05. The average Bonchev–Trinajstić information content (AvgIpc) is 3.21. The number of nitrogens with zero attached hydrogens (tertiary/aromatic N) is 3. The van der Waals surface area contributed by atoms with Crippen molar-refractivity contribution in [3.63, 3.8) is 0 Å². The molecule has 31 heavy (non-hydrogen) atoms. The Balaban J connectivity index is 1.62. The third-order valence-electron chi connectivity index (χ3n) is 5.70. The van der Waals surface area contributed by atoms with Crippen molar-refractivity contribution in [3.05, 3.63) is 57.0 Å². The van der Waals surface area contributed by atoms with Crippen molar-refractivity contribution in [2.75, 3.05) is 0 Å². The molecule has 1 aliphatic rings. The molecular formula is C23H25ClN4O3. The number of benzene rings is 1. The molecule has 8 heteroatoms. The lowest BCUT2D eigenvalue weighted by atomic mass is 9.95. The number of aryl methyl sites for hydroxylation is 2. The van der Waals surface area contributed by atoms with E-state index in [1.807, 2.05) is 26.0 Å². The van der Waals surface area contributed by atoms with E-state index in [1.54, 1.807) is 18.2 Å². The number of carbonyl (C=O) groups is 1. The molecule has 2 aromatic heterocycles. The molecular weight excluding hydrogens is 416 g/mol. The number of aromatic nitrogens is 3. The lowest BCUT2D eigenvalue weighted by Gasteiger charge is -2.23. The van der Waals surface area contributed by atoms with Crippen LogP contribution in [0, 0.1) is 13.8 Å². The van der Waals surface area contributed by atoms with Gasteiger partial charge in [0.1, 0.15) is 12.1 Å². The number of hydrogen-bond acceptors (Lipinski definition) is 5. The van der Waals surface area contributed by atoms with Crippen LogP contribution in [0.15, 0.2) is 39.6 Å². The Morgan fingerprint density at radius 3 is 2.74 bits per heavy atom. The predicted octanol–water partition coefficient (Wildman–Crippen LogP) is 4.28. The molecule has 3 aromatic rings. The van der Waals surface area contributed by atoms with Gasteiger partial charge in [0.2, 0.25) is 11.7 Å². The molecule has 1 fully saturated rings. The third kappa shape index (κ3) is 4.71. The van der Waals surface area contributed by atoms with Crippen molar-refractivity contribution in [1.82, 2.24) is 20.0 Å². The summed E-state index contributed by atoms with van der Waals surface area (Å²) in [5.41, 5.74) is 2.10. The van der Waals surface area contributed by atoms with Crippen LogP contribution in [-0.2, 0) is 11.3 Å². The van der Waals surface area contributed by atoms with Gasteiger partial charge in [-0.05, 0) is 50.5 Å². The van der Waals surface area contributed by atoms with Crippen LogP contribution >= 0.6 is 11.6 Å². The van der Waals surface area contributed by atoms with Crippen molar-refractivity contribution in [2.24, 2.45) is 0 Å². The normalized spacial score (nSPS) is 14.5. The van der Waals surface area contributed by atoms with Gasteiger partial charge in [-0.3, -0.25) is 9.59 Å². The van der Waals surface area contributed by atoms with Crippen molar-refractivity contribution >= 4 is 17.5 Å². The fraction of sp³-hybridized carbons (Fsp3) is 0.391. The average molecular weight is 441 g/mol. The molecule has 4 rings (SSSR count). The zero-order chi connectivity index (χ0) is 22.0. The maximum atomic E-state index is 13.3. The Hall–Kier alpha value is -2.93. The van der Waals surface area contributed by atoms with Crippen LogP contribution in [0.5, 0.6) is 0 Å². The minimum atomic E-state index is -0.322. The Morgan fingerprint density at radius 1 is 1.23 bits per heavy atom. The first kappa shape index (κ1) is 21.3. The molecule has 162 valence electrons. The highest BCUT2D eigenvalue weighted by Gasteiger charge is 2.21. The summed E-state index contributed by atoms with van der Waals surface area (Å²) in [4.78, 5) is 30.3. The molecule has 1 amide bonds. The fourth-order valence-electron chi connectivity index (χ4n) is 4.12. The lowest BCUT2D eigenvalue weighted by Crippen LogP contribution is -2.40. The summed E-state index contributed by atoms with van der Waals surface area (Å²) in [6, 6.07) is 9.14. The van der Waals surface area contributed by atoms with Gasteiger partial charge >= 0.3 is 0 Å². The van der Waals surface area contributed by atoms with E-state index in [0.717, 1.165) is 25.7 Å². The van der Waals surface area contributed by atoms with Crippen molar-refractivity contribution in [1.29, 1.82) is 0 Å². The Labute approximate surface area is 185 Å². The fourth-order valence-corrected chi connectivity index (χ4v) is 4.31. The van der Waals surface area contributed by atoms with Crippen molar-refractivity contribution in [3.8, 4) is 22.8 Å². The molecule has 0 spiro atoms. The van der Waals surface area contributed by atoms with Gasteiger partial charge in [0.05, 0.1) is 0 Å². The predicted molar refractivity (Wildman–Crippen MR) is 119 cm³/mol. The number of pyridine rings is 1. The zero-order valence-corrected chi connectivity index (χ0v) is 18.4. The van der Waals surface area contributed by atoms with Crippen LogP contribution in [0.25, 0.3) is 22.8 Å². The number of nitrogens with one attached hydrogen (secondary N) is 1. The number of hydrogen-bond donors (Lipinski definition) is 1. The molecule has 1 saturated carbocycles. The second-order valence-corrected chi connectivity index (χ2v) is 8.51. The number of amides is 1. The number of rotatable bonds is 5. The lowest BCUT2D eigenvalue weighted by molar-refractivity contribution is -0.122. The van der Waals surface area contributed by atoms with Crippen molar-refractivity contribution < 1.29 is 9.32 Å². The van der Waals surface area contributed by atoms with Gasteiger partial charge in [0.15, 0.2) is 0 Å². The van der Waals surface area contributed by atoms with E-state index < -0.39 is 0 Å². The molecule has 1 aliphatic carbocycles. The maximum absolute atomic E-state index is 13.3. The maximum Gasteiger partial charge on any atom is 0.264 e. The minimum Gasteiger partial charge on any atom is -0.352 e. The smallest absolute Gasteiger partial charge is 0.264 e. The molecule has 0 unspecified atom stereocenters. The number of halogens is 1. The van der Waals surface area contributed by atoms with Crippen LogP contribution in [0.1, 0.15) is 43.4 Å². The van der Waals surface area contributed by atoms with E-state index in [1.165, 1.54) is 11.0 Å². The third-order valence-corrected chi connectivity index (χ3v) is 5.93. The Bertz CT molecular complexity index is 1160. The Morgan fingerprint density at radius 2 is 2.00 bits per heavy atom. The van der Waals surface area contributed by atoms with E-state index in [9.17, 15) is 9.59 Å². The molecule has 0 bridgehead atoms. The monoisotopic (exact) mass is 440 g/mol. The van der Waals surface area contributed by atoms with Gasteiger partial charge in [0.25, 0.3) is 11.4 Å². The van der Waals surface area contributed by atoms with Crippen LogP contribution < -0.4 is 10.9 Å². The molecule has 0 saturated heterocycles. The van der Waals surface area contributed by atoms with Crippen molar-refractivity contribution in [2.45, 2.75) is 58.5 Å². The van der Waals surface area contributed by atoms with E-state index in [4.69, 9.17) is 16.1 Å². The van der Waals surface area contributed by atoms with Gasteiger partial charge in [-0.25, -0.2) is 0 Å². The van der Waals surface area contributed by atoms with E-state index in [-0.39, 0.29) is 29.9 Å². The first-order valence-electron chi connectivity index (χ1n) is 10.5. The first-order valence-corrected chi connectivity index (χ1v) is 10.9. The summed E-state index contributed by atoms with van der Waals surface area (Å²) in [6.45, 7) is 3.60. The zero-order valence-electron chi connectivity index (χ0n) is 17.7. The van der Waals surface area contributed by atoms with Gasteiger partial charge in [-0.2, -0.15) is 4.98 Å². The van der Waals surface area contributed by atoms with Crippen LogP contribution in [-0.4, -0.2) is 26.7 Å². The van der Waals surface area contributed by atoms with E-state index in [2.05, 4.69) is 15.5 Å². The molecule has 0 radical (unpaired) electrons. The summed E-state index contributed by atoms with van der Waals surface area (Å²) in [5.74, 6) is 0.314. The molecule has 2 heterocycles. The SMILES string of the molecule is Cc1cc(C)n(CC(=O)NC2CCCCC2)c(=O)c1-c1nc(-c2cccc(Cl)c2)no1. The molecule has 0 aliphatic heterocycles. The van der Waals surface area contributed by atoms with E-state index in [0.29, 0.717) is 33.2 Å². The van der Waals surface area contributed by atoms with Crippen LogP contribution in [0.4, 0.5) is 0 Å². The van der Waals surface area contributed by atoms with Gasteiger partial charge < -0.3 is 14.4 Å². The highest BCUT2D eigenvalue weighted by Crippen LogP contribution is 2.25. The van der Waals surface area contributed by atoms with E-state index >= 15 is 0 Å². The minimum absolute atomic E-state index is 0.0380. The van der Waals surface area contributed by atoms with Crippen LogP contribution in [0.2, 0.25) is 5.02 Å². The summed E-state index contributed by atoms with van der Waals surface area (Å²) < 4.78 is 6.87. The summed E-state index contributed by atoms with van der Waals surface area (Å²) in [5, 5.41) is 7.63. The molecule has 7 nitrogen and oxygen atoms in total. The quantitative estimate of drug-likeness (QED) is 0.639. The van der Waals surface area contributed by atoms with Crippen LogP contribution in [0.3, 0.4) is 0 Å². The highest BCUT2D eigenvalue weighted by atomic mass is 35.5. The standard InChI is InChI=1S/C23H25ClN4O3/c1-14-11-15(2)28(13-19(29)25-18-9-4-3-5-10-18)23(30)20(14)22-26-21(27-31-22)16-7-6-8-17(24)12-16/h6-8,11-12,18H,3-5,9-10,13H2,1-2H3,(H,25,29). The second-order valence-electron chi connectivity index (χ2n) is 8.07. The van der Waals surface area contributed by atoms with Gasteiger partial charge in [-0.15, -0.1) is 0 Å². The second kappa shape index (κ2) is 9.06. The largest absolute Gasteiger partial charge is 0.352 e. The number of carbonyl (C=O) groups excluding carboxylic acids is 1. The highest BCUT2D eigenvalue weighted by molar-refractivity contribution is 6.30. The summed E-state index contributed by atoms with van der Waals surface area (Å²) in [7, 11) is 0. The molecule has 1 N–H and O–H groups in total. The van der Waals surface area contributed by atoms with Gasteiger partial charge in [0, 0.05) is 22.3 Å².